The zero-order valence-electron chi connectivity index (χ0n) is 15.8. The van der Waals surface area contributed by atoms with Gasteiger partial charge in [-0.15, -0.1) is 0 Å². The van der Waals surface area contributed by atoms with Gasteiger partial charge in [0.05, 0.1) is 11.2 Å². The molecular formula is C21H27BO3. The van der Waals surface area contributed by atoms with Crippen molar-refractivity contribution in [2.45, 2.75) is 58.8 Å². The monoisotopic (exact) mass is 338 g/mol. The summed E-state index contributed by atoms with van der Waals surface area (Å²) in [5, 5.41) is 0. The molecule has 0 bridgehead atoms. The molecule has 0 saturated carbocycles. The van der Waals surface area contributed by atoms with Crippen molar-refractivity contribution in [2.24, 2.45) is 0 Å². The summed E-state index contributed by atoms with van der Waals surface area (Å²) >= 11 is 0. The molecule has 1 aliphatic rings. The first-order valence-corrected chi connectivity index (χ1v) is 8.97. The largest absolute Gasteiger partial charge is 0.495 e. The highest BCUT2D eigenvalue weighted by Crippen LogP contribution is 2.36. The van der Waals surface area contributed by atoms with E-state index in [1.54, 1.807) is 0 Å². The highest BCUT2D eigenvalue weighted by Gasteiger charge is 2.52. The van der Waals surface area contributed by atoms with E-state index in [9.17, 15) is 0 Å². The van der Waals surface area contributed by atoms with Crippen molar-refractivity contribution in [3.8, 4) is 5.75 Å². The molecular weight excluding hydrogens is 311 g/mol. The molecule has 0 aliphatic carbocycles. The van der Waals surface area contributed by atoms with Gasteiger partial charge in [0.15, 0.2) is 0 Å². The SMILES string of the molecule is CCc1cc(OCc2ccccc2)ccc1B1OC(C)(C)C(C)(C)O1. The van der Waals surface area contributed by atoms with E-state index in [0.717, 1.165) is 23.2 Å². The molecule has 4 heteroatoms. The molecule has 3 rings (SSSR count). The standard InChI is InChI=1S/C21H27BO3/c1-6-17-14-18(23-15-16-10-8-7-9-11-16)12-13-19(17)22-24-20(2,3)21(4,5)25-22/h7-14H,6,15H2,1-5H3. The van der Waals surface area contributed by atoms with Gasteiger partial charge in [-0.1, -0.05) is 43.3 Å². The Kier molecular flexibility index (Phi) is 4.94. The molecule has 25 heavy (non-hydrogen) atoms. The van der Waals surface area contributed by atoms with Gasteiger partial charge >= 0.3 is 7.12 Å². The van der Waals surface area contributed by atoms with Crippen molar-refractivity contribution < 1.29 is 14.0 Å². The van der Waals surface area contributed by atoms with Crippen LogP contribution in [0.1, 0.15) is 45.7 Å². The summed E-state index contributed by atoms with van der Waals surface area (Å²) in [5.74, 6) is 0.876. The molecule has 1 heterocycles. The maximum absolute atomic E-state index is 6.20. The number of hydrogen-bond acceptors (Lipinski definition) is 3. The van der Waals surface area contributed by atoms with Gasteiger partial charge in [-0.25, -0.2) is 0 Å². The smallest absolute Gasteiger partial charge is 0.489 e. The van der Waals surface area contributed by atoms with Crippen LogP contribution in [-0.4, -0.2) is 18.3 Å². The van der Waals surface area contributed by atoms with E-state index in [-0.39, 0.29) is 18.3 Å². The summed E-state index contributed by atoms with van der Waals surface area (Å²) in [6.07, 6.45) is 0.905. The molecule has 0 spiro atoms. The molecule has 0 amide bonds. The van der Waals surface area contributed by atoms with Crippen molar-refractivity contribution in [1.29, 1.82) is 0 Å². The van der Waals surface area contributed by atoms with Gasteiger partial charge in [-0.3, -0.25) is 0 Å². The van der Waals surface area contributed by atoms with Gasteiger partial charge in [0.25, 0.3) is 0 Å². The lowest BCUT2D eigenvalue weighted by atomic mass is 9.75. The van der Waals surface area contributed by atoms with E-state index in [4.69, 9.17) is 14.0 Å². The van der Waals surface area contributed by atoms with E-state index in [1.807, 2.05) is 24.3 Å². The van der Waals surface area contributed by atoms with Crippen LogP contribution >= 0.6 is 0 Å². The quantitative estimate of drug-likeness (QED) is 0.768. The van der Waals surface area contributed by atoms with Crippen LogP contribution in [0.15, 0.2) is 48.5 Å². The summed E-state index contributed by atoms with van der Waals surface area (Å²) in [6, 6.07) is 16.4. The Morgan fingerprint density at radius 1 is 0.920 bits per heavy atom. The van der Waals surface area contributed by atoms with E-state index in [2.05, 4.69) is 58.9 Å². The van der Waals surface area contributed by atoms with Gasteiger partial charge in [-0.05, 0) is 62.8 Å². The average Bonchev–Trinajstić information content (AvgIpc) is 2.81. The molecule has 0 unspecified atom stereocenters. The number of hydrogen-bond donors (Lipinski definition) is 0. The van der Waals surface area contributed by atoms with Crippen LogP contribution in [0, 0.1) is 0 Å². The maximum atomic E-state index is 6.20. The van der Waals surface area contributed by atoms with E-state index >= 15 is 0 Å². The van der Waals surface area contributed by atoms with Crippen molar-refractivity contribution >= 4 is 12.6 Å². The second kappa shape index (κ2) is 6.85. The Bertz CT molecular complexity index is 709. The average molecular weight is 338 g/mol. The van der Waals surface area contributed by atoms with Gasteiger partial charge in [0.2, 0.25) is 0 Å². The van der Waals surface area contributed by atoms with Crippen molar-refractivity contribution in [3.63, 3.8) is 0 Å². The Morgan fingerprint density at radius 2 is 1.56 bits per heavy atom. The van der Waals surface area contributed by atoms with Gasteiger partial charge < -0.3 is 14.0 Å². The van der Waals surface area contributed by atoms with Crippen LogP contribution in [0.25, 0.3) is 0 Å². The Hall–Kier alpha value is -1.78. The molecule has 0 radical (unpaired) electrons. The van der Waals surface area contributed by atoms with Gasteiger partial charge in [0, 0.05) is 0 Å². The Morgan fingerprint density at radius 3 is 2.16 bits per heavy atom. The van der Waals surface area contributed by atoms with E-state index < -0.39 is 0 Å². The minimum atomic E-state index is -0.330. The fourth-order valence-corrected chi connectivity index (χ4v) is 2.92. The number of rotatable bonds is 5. The molecule has 3 nitrogen and oxygen atoms in total. The van der Waals surface area contributed by atoms with E-state index in [0.29, 0.717) is 6.61 Å². The predicted octanol–water partition coefficient (Wildman–Crippen LogP) is 4.13. The molecule has 2 aromatic rings. The minimum Gasteiger partial charge on any atom is -0.489 e. The topological polar surface area (TPSA) is 27.7 Å². The first-order valence-electron chi connectivity index (χ1n) is 8.97. The summed E-state index contributed by atoms with van der Waals surface area (Å²) in [4.78, 5) is 0. The number of benzene rings is 2. The molecule has 1 saturated heterocycles. The van der Waals surface area contributed by atoms with Crippen molar-refractivity contribution in [1.82, 2.24) is 0 Å². The fraction of sp³-hybridized carbons (Fsp3) is 0.429. The summed E-state index contributed by atoms with van der Waals surface area (Å²) in [7, 11) is -0.330. The van der Waals surface area contributed by atoms with Crippen LogP contribution in [0.2, 0.25) is 0 Å². The zero-order valence-corrected chi connectivity index (χ0v) is 15.8. The fourth-order valence-electron chi connectivity index (χ4n) is 2.92. The number of ether oxygens (including phenoxy) is 1. The second-order valence-electron chi connectivity index (χ2n) is 7.58. The van der Waals surface area contributed by atoms with Crippen molar-refractivity contribution in [2.75, 3.05) is 0 Å². The third kappa shape index (κ3) is 3.75. The minimum absolute atomic E-state index is 0.328. The first kappa shape index (κ1) is 18.0. The van der Waals surface area contributed by atoms with Crippen molar-refractivity contribution in [3.05, 3.63) is 59.7 Å². The molecule has 2 aromatic carbocycles. The highest BCUT2D eigenvalue weighted by molar-refractivity contribution is 6.62. The van der Waals surface area contributed by atoms with Crippen LogP contribution in [0.4, 0.5) is 0 Å². The first-order chi connectivity index (χ1) is 11.8. The van der Waals surface area contributed by atoms with Crippen LogP contribution in [0.3, 0.4) is 0 Å². The maximum Gasteiger partial charge on any atom is 0.495 e. The number of aryl methyl sites for hydroxylation is 1. The zero-order chi connectivity index (χ0) is 18.1. The lowest BCUT2D eigenvalue weighted by molar-refractivity contribution is 0.00578. The second-order valence-corrected chi connectivity index (χ2v) is 7.58. The summed E-state index contributed by atoms with van der Waals surface area (Å²) < 4.78 is 18.3. The lowest BCUT2D eigenvalue weighted by Gasteiger charge is -2.32. The summed E-state index contributed by atoms with van der Waals surface area (Å²) in [6.45, 7) is 11.0. The molecule has 1 fully saturated rings. The molecule has 0 N–H and O–H groups in total. The third-order valence-corrected chi connectivity index (χ3v) is 5.25. The van der Waals surface area contributed by atoms with Gasteiger partial charge in [0.1, 0.15) is 12.4 Å². The Balaban J connectivity index is 1.76. The third-order valence-electron chi connectivity index (χ3n) is 5.25. The molecule has 132 valence electrons. The van der Waals surface area contributed by atoms with Crippen LogP contribution < -0.4 is 10.2 Å². The Labute approximate surface area is 151 Å². The lowest BCUT2D eigenvalue weighted by Crippen LogP contribution is -2.41. The highest BCUT2D eigenvalue weighted by atomic mass is 16.7. The molecule has 0 atom stereocenters. The van der Waals surface area contributed by atoms with Crippen LogP contribution in [-0.2, 0) is 22.3 Å². The van der Waals surface area contributed by atoms with Gasteiger partial charge in [-0.2, -0.15) is 0 Å². The predicted molar refractivity (Wildman–Crippen MR) is 102 cm³/mol. The molecule has 0 aromatic heterocycles. The molecule has 1 aliphatic heterocycles. The van der Waals surface area contributed by atoms with Crippen LogP contribution in [0.5, 0.6) is 5.75 Å². The normalized spacial score (nSPS) is 18.4. The van der Waals surface area contributed by atoms with E-state index in [1.165, 1.54) is 5.56 Å². The summed E-state index contributed by atoms with van der Waals surface area (Å²) in [5.41, 5.74) is 2.80.